The van der Waals surface area contributed by atoms with Crippen molar-refractivity contribution in [2.75, 3.05) is 23.0 Å². The zero-order valence-electron chi connectivity index (χ0n) is 16.1. The largest absolute Gasteiger partial charge is 0.340 e. The van der Waals surface area contributed by atoms with Crippen LogP contribution in [0.25, 0.3) is 0 Å². The number of hydrogen-bond donors (Lipinski definition) is 2. The van der Waals surface area contributed by atoms with Gasteiger partial charge in [-0.1, -0.05) is 32.0 Å². The number of benzene rings is 2. The van der Waals surface area contributed by atoms with E-state index in [0.717, 1.165) is 4.90 Å². The van der Waals surface area contributed by atoms with E-state index in [1.54, 1.807) is 42.1 Å². The van der Waals surface area contributed by atoms with Crippen molar-refractivity contribution in [3.05, 3.63) is 54.1 Å². The second-order valence-corrected chi connectivity index (χ2v) is 7.80. The number of nitrogens with zero attached hydrogens (tertiary/aromatic N) is 1. The maximum absolute atomic E-state index is 13.1. The molecule has 0 saturated carbocycles. The van der Waals surface area contributed by atoms with Crippen molar-refractivity contribution in [3.63, 3.8) is 0 Å². The van der Waals surface area contributed by atoms with Gasteiger partial charge in [-0.15, -0.1) is 11.8 Å². The number of rotatable bonds is 5. The van der Waals surface area contributed by atoms with Gasteiger partial charge in [-0.3, -0.25) is 14.4 Å². The van der Waals surface area contributed by atoms with Gasteiger partial charge in [0.2, 0.25) is 11.8 Å². The van der Waals surface area contributed by atoms with Gasteiger partial charge in [0, 0.05) is 10.6 Å². The number of hydrogen-bond acceptors (Lipinski definition) is 4. The molecule has 2 aromatic rings. The van der Waals surface area contributed by atoms with Gasteiger partial charge < -0.3 is 15.5 Å². The second kappa shape index (κ2) is 8.48. The Bertz CT molecular complexity index is 913. The van der Waals surface area contributed by atoms with E-state index in [2.05, 4.69) is 10.6 Å². The van der Waals surface area contributed by atoms with Crippen LogP contribution in [0.15, 0.2) is 53.4 Å². The molecule has 0 unspecified atom stereocenters. The molecule has 0 aromatic heterocycles. The number of nitrogens with one attached hydrogen (secondary N) is 2. The van der Waals surface area contributed by atoms with E-state index < -0.39 is 6.04 Å². The standard InChI is InChI=1S/C21H23N3O3S/c1-13(2)19-21(27)24(17-10-5-4-9-16(17)20(26)23-19)12-18(25)22-14-7-6-8-15(11-14)28-3/h4-11,13,19H,12H2,1-3H3,(H,22,25)(H,23,26)/t19-/m1/s1. The normalized spacial score (nSPS) is 16.4. The summed E-state index contributed by atoms with van der Waals surface area (Å²) >= 11 is 1.58. The summed E-state index contributed by atoms with van der Waals surface area (Å²) in [7, 11) is 0. The van der Waals surface area contributed by atoms with Crippen molar-refractivity contribution in [2.24, 2.45) is 5.92 Å². The Hall–Kier alpha value is -2.80. The number of amides is 3. The molecular weight excluding hydrogens is 374 g/mol. The maximum atomic E-state index is 13.1. The van der Waals surface area contributed by atoms with Gasteiger partial charge in [-0.25, -0.2) is 0 Å². The number of carbonyl (C=O) groups excluding carboxylic acids is 3. The number of para-hydroxylation sites is 1. The number of anilines is 2. The maximum Gasteiger partial charge on any atom is 0.254 e. The van der Waals surface area contributed by atoms with Gasteiger partial charge in [0.25, 0.3) is 5.91 Å². The molecule has 3 amide bonds. The minimum absolute atomic E-state index is 0.102. The fourth-order valence-electron chi connectivity index (χ4n) is 3.13. The summed E-state index contributed by atoms with van der Waals surface area (Å²) < 4.78 is 0. The highest BCUT2D eigenvalue weighted by Gasteiger charge is 2.36. The highest BCUT2D eigenvalue weighted by molar-refractivity contribution is 7.98. The summed E-state index contributed by atoms with van der Waals surface area (Å²) in [6.45, 7) is 3.56. The summed E-state index contributed by atoms with van der Waals surface area (Å²) in [6.07, 6.45) is 1.96. The first-order chi connectivity index (χ1) is 13.4. The minimum atomic E-state index is -0.687. The van der Waals surface area contributed by atoms with Crippen LogP contribution >= 0.6 is 11.8 Å². The zero-order chi connectivity index (χ0) is 20.3. The van der Waals surface area contributed by atoms with Crippen molar-refractivity contribution >= 4 is 40.9 Å². The third kappa shape index (κ3) is 4.20. The monoisotopic (exact) mass is 397 g/mol. The summed E-state index contributed by atoms with van der Waals surface area (Å²) in [5, 5.41) is 5.63. The van der Waals surface area contributed by atoms with Crippen LogP contribution in [-0.2, 0) is 9.59 Å². The zero-order valence-corrected chi connectivity index (χ0v) is 16.9. The van der Waals surface area contributed by atoms with E-state index >= 15 is 0 Å². The molecule has 0 radical (unpaired) electrons. The van der Waals surface area contributed by atoms with Gasteiger partial charge in [-0.05, 0) is 42.5 Å². The minimum Gasteiger partial charge on any atom is -0.340 e. The van der Waals surface area contributed by atoms with Crippen molar-refractivity contribution < 1.29 is 14.4 Å². The molecule has 2 aromatic carbocycles. The van der Waals surface area contributed by atoms with Crippen LogP contribution < -0.4 is 15.5 Å². The Morgan fingerprint density at radius 2 is 1.93 bits per heavy atom. The van der Waals surface area contributed by atoms with E-state index in [0.29, 0.717) is 16.9 Å². The van der Waals surface area contributed by atoms with E-state index in [9.17, 15) is 14.4 Å². The Balaban J connectivity index is 1.88. The van der Waals surface area contributed by atoms with Crippen LogP contribution in [-0.4, -0.2) is 36.6 Å². The van der Waals surface area contributed by atoms with Gasteiger partial charge >= 0.3 is 0 Å². The SMILES string of the molecule is CSc1cccc(NC(=O)CN2C(=O)[C@@H](C(C)C)NC(=O)c3ccccc32)c1. The fourth-order valence-corrected chi connectivity index (χ4v) is 3.59. The van der Waals surface area contributed by atoms with Crippen molar-refractivity contribution in [1.82, 2.24) is 5.32 Å². The van der Waals surface area contributed by atoms with E-state index in [-0.39, 0.29) is 30.2 Å². The predicted octanol–water partition coefficient (Wildman–Crippen LogP) is 3.15. The Morgan fingerprint density at radius 3 is 2.64 bits per heavy atom. The average Bonchev–Trinajstić information content (AvgIpc) is 2.78. The van der Waals surface area contributed by atoms with Gasteiger partial charge in [0.15, 0.2) is 0 Å². The first-order valence-corrected chi connectivity index (χ1v) is 10.3. The van der Waals surface area contributed by atoms with Crippen LogP contribution in [0.5, 0.6) is 0 Å². The Kier molecular flexibility index (Phi) is 6.04. The third-order valence-corrected chi connectivity index (χ3v) is 5.31. The molecule has 2 N–H and O–H groups in total. The summed E-state index contributed by atoms with van der Waals surface area (Å²) in [5.74, 6) is -1.02. The molecular formula is C21H23N3O3S. The Morgan fingerprint density at radius 1 is 1.18 bits per heavy atom. The lowest BCUT2D eigenvalue weighted by atomic mass is 10.0. The quantitative estimate of drug-likeness (QED) is 0.760. The average molecular weight is 398 g/mol. The molecule has 1 aliphatic rings. The van der Waals surface area contributed by atoms with Crippen LogP contribution in [0.4, 0.5) is 11.4 Å². The van der Waals surface area contributed by atoms with Crippen LogP contribution in [0.3, 0.4) is 0 Å². The highest BCUT2D eigenvalue weighted by Crippen LogP contribution is 2.26. The molecule has 1 heterocycles. The molecule has 0 aliphatic carbocycles. The topological polar surface area (TPSA) is 78.5 Å². The summed E-state index contributed by atoms with van der Waals surface area (Å²) in [4.78, 5) is 40.8. The molecule has 0 bridgehead atoms. The van der Waals surface area contributed by atoms with E-state index in [1.165, 1.54) is 4.90 Å². The van der Waals surface area contributed by atoms with Crippen LogP contribution in [0, 0.1) is 5.92 Å². The molecule has 146 valence electrons. The predicted molar refractivity (Wildman–Crippen MR) is 112 cm³/mol. The lowest BCUT2D eigenvalue weighted by Gasteiger charge is -2.26. The van der Waals surface area contributed by atoms with Gasteiger partial charge in [-0.2, -0.15) is 0 Å². The lowest BCUT2D eigenvalue weighted by molar-refractivity contribution is -0.123. The smallest absolute Gasteiger partial charge is 0.254 e. The first-order valence-electron chi connectivity index (χ1n) is 9.06. The molecule has 3 rings (SSSR count). The molecule has 28 heavy (non-hydrogen) atoms. The fraction of sp³-hybridized carbons (Fsp3) is 0.286. The lowest BCUT2D eigenvalue weighted by Crippen LogP contribution is -2.50. The summed E-state index contributed by atoms with van der Waals surface area (Å²) in [5.41, 5.74) is 1.50. The number of thioether (sulfide) groups is 1. The van der Waals surface area contributed by atoms with Crippen LogP contribution in [0.1, 0.15) is 24.2 Å². The van der Waals surface area contributed by atoms with E-state index in [1.807, 2.05) is 38.3 Å². The number of fused-ring (bicyclic) bond motifs is 1. The second-order valence-electron chi connectivity index (χ2n) is 6.92. The molecule has 1 aliphatic heterocycles. The van der Waals surface area contributed by atoms with Crippen molar-refractivity contribution in [2.45, 2.75) is 24.8 Å². The molecule has 1 atom stereocenters. The van der Waals surface area contributed by atoms with Crippen molar-refractivity contribution in [1.29, 1.82) is 0 Å². The van der Waals surface area contributed by atoms with Crippen LogP contribution in [0.2, 0.25) is 0 Å². The van der Waals surface area contributed by atoms with Crippen molar-refractivity contribution in [3.8, 4) is 0 Å². The van der Waals surface area contributed by atoms with E-state index in [4.69, 9.17) is 0 Å². The molecule has 6 nitrogen and oxygen atoms in total. The molecule has 0 fully saturated rings. The summed E-state index contributed by atoms with van der Waals surface area (Å²) in [6, 6.07) is 13.7. The molecule has 0 spiro atoms. The highest BCUT2D eigenvalue weighted by atomic mass is 32.2. The van der Waals surface area contributed by atoms with Gasteiger partial charge in [0.1, 0.15) is 12.6 Å². The molecule has 0 saturated heterocycles. The Labute approximate surface area is 168 Å². The third-order valence-electron chi connectivity index (χ3n) is 4.58. The number of carbonyl (C=O) groups is 3. The van der Waals surface area contributed by atoms with Gasteiger partial charge in [0.05, 0.1) is 11.3 Å². The molecule has 7 heteroatoms. The first kappa shape index (κ1) is 19.9.